The average Bonchev–Trinajstić information content (AvgIpc) is 2.74. The van der Waals surface area contributed by atoms with Crippen LogP contribution in [0.3, 0.4) is 0 Å². The van der Waals surface area contributed by atoms with Crippen molar-refractivity contribution in [3.63, 3.8) is 0 Å². The standard InChI is InChI=1S/C14H24N2O7Si2/c1-9-12(22-25(5,6)23-24(3,4)20-2)11(18)13(21-9)16-8-7-10(17)15-14(16)19/h7-9,12-13H,1-6H3,(H,15,17,19)/t9-,12-,13?/m1/s1. The molecule has 0 aliphatic carbocycles. The third kappa shape index (κ3) is 4.62. The Bertz CT molecular complexity index is 758. The number of aromatic amines is 1. The topological polar surface area (TPSA) is 109 Å². The van der Waals surface area contributed by atoms with Crippen LogP contribution in [0.1, 0.15) is 13.2 Å². The van der Waals surface area contributed by atoms with Crippen LogP contribution in [0.2, 0.25) is 26.2 Å². The van der Waals surface area contributed by atoms with Crippen molar-refractivity contribution in [2.24, 2.45) is 0 Å². The largest absolute Gasteiger partial charge is 0.415 e. The zero-order chi connectivity index (χ0) is 19.0. The first-order valence-corrected chi connectivity index (χ1v) is 13.5. The number of nitrogens with one attached hydrogen (secondary N) is 1. The SMILES string of the molecule is CO[Si](C)(C)O[Si](C)(C)O[C@H]1C(=O)C(n2ccc(=O)[nH]c2=O)O[C@@H]1C. The highest BCUT2D eigenvalue weighted by Crippen LogP contribution is 2.29. The highest BCUT2D eigenvalue weighted by Gasteiger charge is 2.48. The molecule has 0 bridgehead atoms. The average molecular weight is 389 g/mol. The maximum Gasteiger partial charge on any atom is 0.330 e. The van der Waals surface area contributed by atoms with Crippen LogP contribution in [0, 0.1) is 0 Å². The number of aromatic nitrogens is 2. The number of ether oxygens (including phenoxy) is 1. The first-order valence-electron chi connectivity index (χ1n) is 7.89. The minimum absolute atomic E-state index is 0.386. The van der Waals surface area contributed by atoms with Gasteiger partial charge in [-0.2, -0.15) is 0 Å². The zero-order valence-electron chi connectivity index (χ0n) is 15.2. The van der Waals surface area contributed by atoms with E-state index in [-0.39, 0.29) is 5.78 Å². The number of carbonyl (C=O) groups excluding carboxylic acids is 1. The molecule has 0 saturated carbocycles. The molecule has 0 spiro atoms. The van der Waals surface area contributed by atoms with Gasteiger partial charge in [-0.1, -0.05) is 0 Å². The van der Waals surface area contributed by atoms with E-state index in [9.17, 15) is 14.4 Å². The highest BCUT2D eigenvalue weighted by molar-refractivity contribution is 6.78. The van der Waals surface area contributed by atoms with Crippen LogP contribution < -0.4 is 11.2 Å². The number of nitrogens with zero attached hydrogens (tertiary/aromatic N) is 1. The molecule has 0 radical (unpaired) electrons. The highest BCUT2D eigenvalue weighted by atomic mass is 28.5. The molecular weight excluding hydrogens is 364 g/mol. The second kappa shape index (κ2) is 7.09. The van der Waals surface area contributed by atoms with E-state index in [1.807, 2.05) is 26.2 Å². The Morgan fingerprint density at radius 2 is 1.80 bits per heavy atom. The molecule has 2 rings (SSSR count). The molecule has 140 valence electrons. The van der Waals surface area contributed by atoms with Crippen LogP contribution in [0.15, 0.2) is 21.9 Å². The van der Waals surface area contributed by atoms with Crippen molar-refractivity contribution in [2.75, 3.05) is 7.11 Å². The summed E-state index contributed by atoms with van der Waals surface area (Å²) in [5.41, 5.74) is -1.25. The first-order chi connectivity index (χ1) is 11.5. The minimum Gasteiger partial charge on any atom is -0.415 e. The Hall–Kier alpha value is -1.38. The molecule has 3 atom stereocenters. The summed E-state index contributed by atoms with van der Waals surface area (Å²) in [6.07, 6.45) is -1.31. The number of H-pyrrole nitrogens is 1. The molecule has 0 amide bonds. The van der Waals surface area contributed by atoms with Crippen LogP contribution in [0.25, 0.3) is 0 Å². The predicted octanol–water partition coefficient (Wildman–Crippen LogP) is 0.475. The fourth-order valence-electron chi connectivity index (χ4n) is 2.65. The van der Waals surface area contributed by atoms with Crippen LogP contribution >= 0.6 is 0 Å². The molecule has 1 aromatic heterocycles. The number of rotatable bonds is 6. The van der Waals surface area contributed by atoms with Gasteiger partial charge in [0.25, 0.3) is 5.56 Å². The van der Waals surface area contributed by atoms with Gasteiger partial charge in [-0.3, -0.25) is 19.1 Å². The molecule has 1 aliphatic heterocycles. The maximum absolute atomic E-state index is 12.7. The molecule has 9 nitrogen and oxygen atoms in total. The molecule has 1 unspecified atom stereocenters. The Labute approximate surface area is 147 Å². The summed E-state index contributed by atoms with van der Waals surface area (Å²) >= 11 is 0. The van der Waals surface area contributed by atoms with Gasteiger partial charge in [0.1, 0.15) is 6.10 Å². The minimum atomic E-state index is -2.67. The van der Waals surface area contributed by atoms with Crippen molar-refractivity contribution < 1.29 is 22.5 Å². The molecule has 1 saturated heterocycles. The molecule has 2 heterocycles. The van der Waals surface area contributed by atoms with Crippen LogP contribution in [-0.4, -0.2) is 51.8 Å². The zero-order valence-corrected chi connectivity index (χ0v) is 17.2. The number of hydrogen-bond acceptors (Lipinski definition) is 7. The second-order valence-electron chi connectivity index (χ2n) is 6.76. The van der Waals surface area contributed by atoms with Gasteiger partial charge < -0.3 is 17.7 Å². The molecule has 1 fully saturated rings. The van der Waals surface area contributed by atoms with E-state index >= 15 is 0 Å². The van der Waals surface area contributed by atoms with Gasteiger partial charge in [-0.05, 0) is 33.1 Å². The summed E-state index contributed by atoms with van der Waals surface area (Å²) in [6, 6.07) is 1.16. The summed E-state index contributed by atoms with van der Waals surface area (Å²) in [7, 11) is -3.42. The van der Waals surface area contributed by atoms with E-state index in [2.05, 4.69) is 4.98 Å². The lowest BCUT2D eigenvalue weighted by Crippen LogP contribution is -2.51. The fourth-order valence-corrected chi connectivity index (χ4v) is 8.83. The van der Waals surface area contributed by atoms with Gasteiger partial charge in [0, 0.05) is 19.4 Å². The van der Waals surface area contributed by atoms with Gasteiger partial charge in [-0.25, -0.2) is 4.79 Å². The van der Waals surface area contributed by atoms with E-state index in [4.69, 9.17) is 17.7 Å². The van der Waals surface area contributed by atoms with Crippen LogP contribution in [0.5, 0.6) is 0 Å². The molecular formula is C14H24N2O7Si2. The van der Waals surface area contributed by atoms with Crippen LogP contribution in [0.4, 0.5) is 0 Å². The Balaban J connectivity index is 2.20. The summed E-state index contributed by atoms with van der Waals surface area (Å²) in [5, 5.41) is 0. The van der Waals surface area contributed by atoms with E-state index in [1.165, 1.54) is 6.20 Å². The normalized spacial score (nSPS) is 24.7. The Morgan fingerprint density at radius 3 is 2.36 bits per heavy atom. The van der Waals surface area contributed by atoms with Crippen molar-refractivity contribution in [3.05, 3.63) is 33.1 Å². The lowest BCUT2D eigenvalue weighted by atomic mass is 10.2. The van der Waals surface area contributed by atoms with E-state index < -0.39 is 46.8 Å². The number of hydrogen-bond donors (Lipinski definition) is 1. The van der Waals surface area contributed by atoms with Crippen molar-refractivity contribution in [1.82, 2.24) is 9.55 Å². The molecule has 11 heteroatoms. The van der Waals surface area contributed by atoms with Gasteiger partial charge in [-0.15, -0.1) is 0 Å². The van der Waals surface area contributed by atoms with Crippen molar-refractivity contribution in [1.29, 1.82) is 0 Å². The van der Waals surface area contributed by atoms with Crippen LogP contribution in [-0.2, 0) is 22.5 Å². The number of ketones is 1. The molecule has 25 heavy (non-hydrogen) atoms. The quantitative estimate of drug-likeness (QED) is 0.706. The van der Waals surface area contributed by atoms with Crippen molar-refractivity contribution >= 4 is 22.9 Å². The van der Waals surface area contributed by atoms with E-state index in [0.29, 0.717) is 0 Å². The summed E-state index contributed by atoms with van der Waals surface area (Å²) in [6.45, 7) is 9.15. The van der Waals surface area contributed by atoms with Gasteiger partial charge in [0.05, 0.1) is 6.10 Å². The smallest absolute Gasteiger partial charge is 0.330 e. The fraction of sp³-hybridized carbons (Fsp3) is 0.643. The maximum atomic E-state index is 12.7. The molecule has 1 aromatic rings. The third-order valence-electron chi connectivity index (χ3n) is 3.79. The lowest BCUT2D eigenvalue weighted by molar-refractivity contribution is -0.130. The summed E-state index contributed by atoms with van der Waals surface area (Å²) in [4.78, 5) is 37.9. The predicted molar refractivity (Wildman–Crippen MR) is 93.8 cm³/mol. The summed E-state index contributed by atoms with van der Waals surface area (Å²) in [5.74, 6) is -0.386. The monoisotopic (exact) mass is 388 g/mol. The molecule has 0 aromatic carbocycles. The first kappa shape index (κ1) is 19.9. The third-order valence-corrected chi connectivity index (χ3v) is 9.53. The van der Waals surface area contributed by atoms with Gasteiger partial charge in [0.15, 0.2) is 6.23 Å². The second-order valence-corrected chi connectivity index (χ2v) is 13.8. The lowest BCUT2D eigenvalue weighted by Gasteiger charge is -2.33. The number of Topliss-reactive ketones (excluding diaryl/α,β-unsaturated/α-hetero) is 1. The van der Waals surface area contributed by atoms with Gasteiger partial charge >= 0.3 is 22.8 Å². The number of carbonyl (C=O) groups is 1. The van der Waals surface area contributed by atoms with Crippen molar-refractivity contribution in [2.45, 2.75) is 51.5 Å². The molecule has 1 N–H and O–H groups in total. The van der Waals surface area contributed by atoms with E-state index in [0.717, 1.165) is 10.6 Å². The van der Waals surface area contributed by atoms with E-state index in [1.54, 1.807) is 14.0 Å². The summed E-state index contributed by atoms with van der Waals surface area (Å²) < 4.78 is 24.1. The van der Waals surface area contributed by atoms with Crippen molar-refractivity contribution in [3.8, 4) is 0 Å². The Kier molecular flexibility index (Phi) is 5.66. The Morgan fingerprint density at radius 1 is 1.16 bits per heavy atom. The van der Waals surface area contributed by atoms with Gasteiger partial charge in [0.2, 0.25) is 5.78 Å². The molecule has 1 aliphatic rings.